The highest BCUT2D eigenvalue weighted by atomic mass is 32.2. The molecule has 2 aromatic rings. The molecule has 0 fully saturated rings. The molecule has 0 aliphatic carbocycles. The Bertz CT molecular complexity index is 842. The van der Waals surface area contributed by atoms with E-state index in [1.54, 1.807) is 0 Å². The van der Waals surface area contributed by atoms with E-state index in [2.05, 4.69) is 10.2 Å². The van der Waals surface area contributed by atoms with Crippen molar-refractivity contribution in [3.8, 4) is 0 Å². The second-order valence-electron chi connectivity index (χ2n) is 4.20. The van der Waals surface area contributed by atoms with Crippen molar-refractivity contribution < 1.29 is 34.8 Å². The van der Waals surface area contributed by atoms with Gasteiger partial charge in [0.05, 0.1) is 4.90 Å². The van der Waals surface area contributed by atoms with Gasteiger partial charge in [-0.15, -0.1) is 10.2 Å². The van der Waals surface area contributed by atoms with Crippen LogP contribution in [0, 0.1) is 0 Å². The van der Waals surface area contributed by atoms with Crippen molar-refractivity contribution >= 4 is 21.6 Å². The van der Waals surface area contributed by atoms with E-state index in [9.17, 15) is 34.8 Å². The summed E-state index contributed by atoms with van der Waals surface area (Å²) >= 11 is 0.566. The van der Waals surface area contributed by atoms with E-state index in [4.69, 9.17) is 5.84 Å². The van der Waals surface area contributed by atoms with Gasteiger partial charge in [-0.2, -0.15) is 26.3 Å². The number of nitrogen functional groups attached to an aromatic ring is 1. The summed E-state index contributed by atoms with van der Waals surface area (Å²) in [6.07, 6.45) is -4.83. The highest BCUT2D eigenvalue weighted by molar-refractivity contribution is 7.99. The van der Waals surface area contributed by atoms with E-state index < -0.39 is 32.2 Å². The van der Waals surface area contributed by atoms with Crippen LogP contribution in [0.2, 0.25) is 0 Å². The number of rotatable bonds is 3. The number of aromatic nitrogens is 3. The van der Waals surface area contributed by atoms with Gasteiger partial charge < -0.3 is 5.84 Å². The Hall–Kier alpha value is -1.96. The van der Waals surface area contributed by atoms with Gasteiger partial charge in [-0.05, 0) is 36.0 Å². The summed E-state index contributed by atoms with van der Waals surface area (Å²) < 4.78 is 97.3. The number of nitrogens with zero attached hydrogens (tertiary/aromatic N) is 3. The van der Waals surface area contributed by atoms with Gasteiger partial charge in [0.25, 0.3) is 15.7 Å². The standard InChI is InChI=1S/C10H6F6N4O2S2/c11-9(12,13)7-18-19-8(20(7)17)23-5-1-3-6(4-2-5)24(21,22)10(14,15)16/h1-4H,17H2. The molecule has 0 unspecified atom stereocenters. The van der Waals surface area contributed by atoms with Gasteiger partial charge in [-0.25, -0.2) is 13.1 Å². The van der Waals surface area contributed by atoms with Gasteiger partial charge in [0.1, 0.15) is 0 Å². The number of hydrogen-bond acceptors (Lipinski definition) is 6. The Morgan fingerprint density at radius 3 is 1.96 bits per heavy atom. The number of nitrogens with two attached hydrogens (primary N) is 1. The van der Waals surface area contributed by atoms with Crippen LogP contribution >= 0.6 is 11.8 Å². The monoisotopic (exact) mass is 392 g/mol. The molecule has 0 bridgehead atoms. The first kappa shape index (κ1) is 18.4. The fraction of sp³-hybridized carbons (Fsp3) is 0.200. The summed E-state index contributed by atoms with van der Waals surface area (Å²) in [5, 5.41) is 5.71. The number of alkyl halides is 6. The minimum absolute atomic E-state index is 0.115. The minimum atomic E-state index is -5.51. The maximum absolute atomic E-state index is 12.5. The molecule has 0 atom stereocenters. The van der Waals surface area contributed by atoms with Crippen molar-refractivity contribution in [1.29, 1.82) is 0 Å². The summed E-state index contributed by atoms with van der Waals surface area (Å²) in [5.74, 6) is 3.74. The summed E-state index contributed by atoms with van der Waals surface area (Å²) in [6.45, 7) is 0. The molecule has 1 heterocycles. The van der Waals surface area contributed by atoms with Crippen LogP contribution in [0.5, 0.6) is 0 Å². The Morgan fingerprint density at radius 1 is 1.00 bits per heavy atom. The molecule has 2 rings (SSSR count). The second-order valence-corrected chi connectivity index (χ2v) is 7.18. The normalized spacial score (nSPS) is 13.2. The van der Waals surface area contributed by atoms with Crippen molar-refractivity contribution in [2.45, 2.75) is 26.6 Å². The van der Waals surface area contributed by atoms with Crippen LogP contribution < -0.4 is 5.84 Å². The van der Waals surface area contributed by atoms with Gasteiger partial charge in [0, 0.05) is 4.90 Å². The third-order valence-corrected chi connectivity index (χ3v) is 5.04. The zero-order valence-electron chi connectivity index (χ0n) is 11.1. The Balaban J connectivity index is 2.27. The highest BCUT2D eigenvalue weighted by Crippen LogP contribution is 2.34. The molecule has 0 spiro atoms. The van der Waals surface area contributed by atoms with E-state index in [0.29, 0.717) is 23.9 Å². The lowest BCUT2D eigenvalue weighted by molar-refractivity contribution is -0.146. The van der Waals surface area contributed by atoms with E-state index in [1.165, 1.54) is 0 Å². The fourth-order valence-corrected chi connectivity index (χ4v) is 2.98. The number of halogens is 6. The molecule has 1 aromatic heterocycles. The van der Waals surface area contributed by atoms with Crippen molar-refractivity contribution in [3.63, 3.8) is 0 Å². The van der Waals surface area contributed by atoms with Crippen LogP contribution in [0.4, 0.5) is 26.3 Å². The lowest BCUT2D eigenvalue weighted by atomic mass is 10.4. The molecule has 24 heavy (non-hydrogen) atoms. The molecule has 1 aromatic carbocycles. The summed E-state index contributed by atoms with van der Waals surface area (Å²) in [5.41, 5.74) is -5.46. The van der Waals surface area contributed by atoms with E-state index in [-0.39, 0.29) is 14.7 Å². The first-order valence-corrected chi connectivity index (χ1v) is 8.01. The van der Waals surface area contributed by atoms with Crippen LogP contribution in [-0.2, 0) is 16.0 Å². The SMILES string of the molecule is Nn1c(Sc2ccc(S(=O)(=O)C(F)(F)F)cc2)nnc1C(F)(F)F. The largest absolute Gasteiger partial charge is 0.501 e. The van der Waals surface area contributed by atoms with Gasteiger partial charge in [-0.3, -0.25) is 0 Å². The summed E-state index contributed by atoms with van der Waals surface area (Å²) in [7, 11) is -5.51. The van der Waals surface area contributed by atoms with Crippen molar-refractivity contribution in [2.24, 2.45) is 0 Å². The van der Waals surface area contributed by atoms with E-state index in [1.807, 2.05) is 0 Å². The molecule has 0 amide bonds. The maximum Gasteiger partial charge on any atom is 0.501 e. The van der Waals surface area contributed by atoms with E-state index >= 15 is 0 Å². The second kappa shape index (κ2) is 5.84. The predicted molar refractivity (Wildman–Crippen MR) is 69.0 cm³/mol. The minimum Gasteiger partial charge on any atom is -0.335 e. The Labute approximate surface area is 134 Å². The summed E-state index contributed by atoms with van der Waals surface area (Å²) in [4.78, 5) is -0.881. The fourth-order valence-electron chi connectivity index (χ4n) is 1.47. The third-order valence-electron chi connectivity index (χ3n) is 2.57. The highest BCUT2D eigenvalue weighted by Gasteiger charge is 2.46. The molecule has 6 nitrogen and oxygen atoms in total. The molecular weight excluding hydrogens is 386 g/mol. The first-order valence-electron chi connectivity index (χ1n) is 5.71. The maximum atomic E-state index is 12.5. The Morgan fingerprint density at radius 2 is 1.54 bits per heavy atom. The van der Waals surface area contributed by atoms with Crippen LogP contribution in [-0.4, -0.2) is 28.8 Å². The predicted octanol–water partition coefficient (Wildman–Crippen LogP) is 2.46. The van der Waals surface area contributed by atoms with Crippen LogP contribution in [0.3, 0.4) is 0 Å². The number of benzene rings is 1. The van der Waals surface area contributed by atoms with Gasteiger partial charge in [0.2, 0.25) is 5.16 Å². The quantitative estimate of drug-likeness (QED) is 0.638. The molecule has 0 aliphatic rings. The molecule has 0 aliphatic heterocycles. The summed E-state index contributed by atoms with van der Waals surface area (Å²) in [6, 6.07) is 3.30. The Kier molecular flexibility index (Phi) is 4.47. The van der Waals surface area contributed by atoms with Crippen LogP contribution in [0.15, 0.2) is 39.2 Å². The zero-order valence-corrected chi connectivity index (χ0v) is 12.8. The smallest absolute Gasteiger partial charge is 0.335 e. The van der Waals surface area contributed by atoms with Crippen molar-refractivity contribution in [3.05, 3.63) is 30.1 Å². The molecule has 14 heteroatoms. The van der Waals surface area contributed by atoms with E-state index in [0.717, 1.165) is 12.1 Å². The van der Waals surface area contributed by atoms with Crippen molar-refractivity contribution in [2.75, 3.05) is 5.84 Å². The first-order chi connectivity index (χ1) is 10.8. The van der Waals surface area contributed by atoms with Gasteiger partial charge in [0.15, 0.2) is 0 Å². The molecular formula is C10H6F6N4O2S2. The lowest BCUT2D eigenvalue weighted by Gasteiger charge is -2.08. The topological polar surface area (TPSA) is 90.9 Å². The molecule has 132 valence electrons. The van der Waals surface area contributed by atoms with Gasteiger partial charge in [-0.1, -0.05) is 0 Å². The molecule has 0 radical (unpaired) electrons. The van der Waals surface area contributed by atoms with Crippen LogP contribution in [0.1, 0.15) is 5.82 Å². The van der Waals surface area contributed by atoms with Crippen LogP contribution in [0.25, 0.3) is 0 Å². The lowest BCUT2D eigenvalue weighted by Crippen LogP contribution is -2.23. The molecule has 0 saturated heterocycles. The molecule has 2 N–H and O–H groups in total. The average molecular weight is 392 g/mol. The number of sulfone groups is 1. The number of hydrogen-bond donors (Lipinski definition) is 1. The third kappa shape index (κ3) is 3.43. The van der Waals surface area contributed by atoms with Crippen molar-refractivity contribution in [1.82, 2.24) is 14.9 Å². The average Bonchev–Trinajstić information content (AvgIpc) is 2.79. The zero-order chi connectivity index (χ0) is 18.3. The van der Waals surface area contributed by atoms with Gasteiger partial charge >= 0.3 is 11.7 Å². The molecule has 0 saturated carbocycles.